The Morgan fingerprint density at radius 3 is 2.66 bits per heavy atom. The van der Waals surface area contributed by atoms with Crippen molar-refractivity contribution in [1.82, 2.24) is 10.4 Å². The van der Waals surface area contributed by atoms with Gasteiger partial charge in [0.15, 0.2) is 11.7 Å². The Morgan fingerprint density at radius 1 is 1.17 bits per heavy atom. The number of hydrogen-bond donors (Lipinski definition) is 2. The number of nitriles is 1. The Kier molecular flexibility index (Phi) is 7.88. The molecule has 35 heavy (non-hydrogen) atoms. The standard InChI is InChI=1S/C26H20BrN5O2S/c1-17-2-9-21(10-3-17)30-26-31-23(16-35-26)19-5-7-20(8-6-19)25(33)32-29-15-18-4-11-24(22(27)14-18)34-13-12-28/h2-11,14-16H,13H2,1H3,(H,30,31)(H,32,33)/b29-15-. The molecule has 0 aliphatic rings. The molecule has 0 fully saturated rings. The first-order valence-corrected chi connectivity index (χ1v) is 12.2. The van der Waals surface area contributed by atoms with Crippen molar-refractivity contribution in [3.8, 4) is 23.1 Å². The number of nitrogens with one attached hydrogen (secondary N) is 2. The number of aryl methyl sites for hydroxylation is 1. The van der Waals surface area contributed by atoms with Gasteiger partial charge in [0.2, 0.25) is 0 Å². The molecular formula is C26H20BrN5O2S. The molecule has 0 unspecified atom stereocenters. The zero-order valence-corrected chi connectivity index (χ0v) is 21.1. The summed E-state index contributed by atoms with van der Waals surface area (Å²) < 4.78 is 5.98. The third-order valence-electron chi connectivity index (χ3n) is 4.88. The SMILES string of the molecule is Cc1ccc(Nc2nc(-c3ccc(C(=O)N/N=C\c4ccc(OCC#N)c(Br)c4)cc3)cs2)cc1. The molecule has 174 valence electrons. The lowest BCUT2D eigenvalue weighted by molar-refractivity contribution is 0.0955. The van der Waals surface area contributed by atoms with Gasteiger partial charge in [0.25, 0.3) is 5.91 Å². The fourth-order valence-electron chi connectivity index (χ4n) is 3.07. The lowest BCUT2D eigenvalue weighted by Gasteiger charge is -2.05. The van der Waals surface area contributed by atoms with Crippen LogP contribution in [-0.4, -0.2) is 23.7 Å². The van der Waals surface area contributed by atoms with Crippen LogP contribution in [0.5, 0.6) is 5.75 Å². The summed E-state index contributed by atoms with van der Waals surface area (Å²) in [5.74, 6) is 0.242. The molecule has 0 saturated heterocycles. The predicted octanol–water partition coefficient (Wildman–Crippen LogP) is 6.29. The summed E-state index contributed by atoms with van der Waals surface area (Å²) in [6.45, 7) is 2.02. The Hall–Kier alpha value is -4.00. The Bertz CT molecular complexity index is 1390. The number of halogens is 1. The van der Waals surface area contributed by atoms with Crippen LogP contribution in [0.4, 0.5) is 10.8 Å². The van der Waals surface area contributed by atoms with E-state index in [0.29, 0.717) is 15.8 Å². The molecule has 0 aliphatic heterocycles. The van der Waals surface area contributed by atoms with Gasteiger partial charge in [-0.05, 0) is 70.9 Å². The Morgan fingerprint density at radius 2 is 1.94 bits per heavy atom. The van der Waals surface area contributed by atoms with Crippen molar-refractivity contribution in [2.75, 3.05) is 11.9 Å². The monoisotopic (exact) mass is 545 g/mol. The van der Waals surface area contributed by atoms with Gasteiger partial charge >= 0.3 is 0 Å². The number of ether oxygens (including phenoxy) is 1. The largest absolute Gasteiger partial charge is 0.478 e. The maximum atomic E-state index is 12.4. The van der Waals surface area contributed by atoms with Crippen molar-refractivity contribution in [1.29, 1.82) is 5.26 Å². The highest BCUT2D eigenvalue weighted by Gasteiger charge is 2.08. The topological polar surface area (TPSA) is 99.4 Å². The average molecular weight is 546 g/mol. The van der Waals surface area contributed by atoms with Crippen LogP contribution in [0.25, 0.3) is 11.3 Å². The van der Waals surface area contributed by atoms with Crippen LogP contribution in [-0.2, 0) is 0 Å². The minimum Gasteiger partial charge on any atom is -0.478 e. The van der Waals surface area contributed by atoms with Crippen LogP contribution in [0.3, 0.4) is 0 Å². The summed E-state index contributed by atoms with van der Waals surface area (Å²) in [5, 5.41) is 18.7. The molecule has 0 saturated carbocycles. The van der Waals surface area contributed by atoms with Gasteiger partial charge in [-0.1, -0.05) is 29.8 Å². The van der Waals surface area contributed by atoms with Gasteiger partial charge < -0.3 is 10.1 Å². The van der Waals surface area contributed by atoms with Crippen molar-refractivity contribution in [3.05, 3.63) is 93.3 Å². The van der Waals surface area contributed by atoms with Gasteiger partial charge in [0.05, 0.1) is 16.4 Å². The highest BCUT2D eigenvalue weighted by atomic mass is 79.9. The molecule has 7 nitrogen and oxygen atoms in total. The van der Waals surface area contributed by atoms with Crippen LogP contribution < -0.4 is 15.5 Å². The van der Waals surface area contributed by atoms with Crippen molar-refractivity contribution >= 4 is 50.2 Å². The second kappa shape index (κ2) is 11.4. The minimum absolute atomic E-state index is 0.0329. The van der Waals surface area contributed by atoms with Crippen molar-refractivity contribution in [3.63, 3.8) is 0 Å². The van der Waals surface area contributed by atoms with Crippen LogP contribution in [0, 0.1) is 18.3 Å². The highest BCUT2D eigenvalue weighted by molar-refractivity contribution is 9.10. The number of hydrogen-bond acceptors (Lipinski definition) is 7. The lowest BCUT2D eigenvalue weighted by atomic mass is 10.1. The zero-order valence-electron chi connectivity index (χ0n) is 18.7. The molecule has 4 aromatic rings. The highest BCUT2D eigenvalue weighted by Crippen LogP contribution is 2.28. The maximum absolute atomic E-state index is 12.4. The van der Waals surface area contributed by atoms with Gasteiger partial charge in [0, 0.05) is 22.2 Å². The van der Waals surface area contributed by atoms with Crippen molar-refractivity contribution < 1.29 is 9.53 Å². The fourth-order valence-corrected chi connectivity index (χ4v) is 4.32. The average Bonchev–Trinajstić information content (AvgIpc) is 3.33. The first kappa shape index (κ1) is 24.1. The fraction of sp³-hybridized carbons (Fsp3) is 0.0769. The van der Waals surface area contributed by atoms with E-state index in [1.807, 2.05) is 47.8 Å². The number of hydrazone groups is 1. The molecule has 3 aromatic carbocycles. The van der Waals surface area contributed by atoms with Gasteiger partial charge in [-0.3, -0.25) is 4.79 Å². The molecule has 9 heteroatoms. The number of nitrogens with zero attached hydrogens (tertiary/aromatic N) is 3. The predicted molar refractivity (Wildman–Crippen MR) is 142 cm³/mol. The maximum Gasteiger partial charge on any atom is 0.271 e. The van der Waals surface area contributed by atoms with Gasteiger partial charge in [0.1, 0.15) is 11.8 Å². The van der Waals surface area contributed by atoms with Crippen molar-refractivity contribution in [2.45, 2.75) is 6.92 Å². The number of amides is 1. The first-order valence-electron chi connectivity index (χ1n) is 10.5. The molecule has 0 bridgehead atoms. The second-order valence-electron chi connectivity index (χ2n) is 7.44. The number of anilines is 2. The molecule has 0 atom stereocenters. The quantitative estimate of drug-likeness (QED) is 0.200. The summed E-state index contributed by atoms with van der Waals surface area (Å²) >= 11 is 4.91. The summed E-state index contributed by atoms with van der Waals surface area (Å²) in [5.41, 5.74) is 7.72. The minimum atomic E-state index is -0.319. The molecule has 4 rings (SSSR count). The van der Waals surface area contributed by atoms with Crippen LogP contribution in [0.15, 0.2) is 81.7 Å². The number of thiazole rings is 1. The van der Waals surface area contributed by atoms with E-state index in [-0.39, 0.29) is 12.5 Å². The van der Waals surface area contributed by atoms with E-state index in [1.165, 1.54) is 23.1 Å². The molecule has 0 radical (unpaired) electrons. The first-order chi connectivity index (χ1) is 17.0. The summed E-state index contributed by atoms with van der Waals surface area (Å²) in [6, 6.07) is 22.5. The van der Waals surface area contributed by atoms with E-state index < -0.39 is 0 Å². The van der Waals surface area contributed by atoms with E-state index >= 15 is 0 Å². The van der Waals surface area contributed by atoms with E-state index in [0.717, 1.165) is 27.6 Å². The Balaban J connectivity index is 1.34. The zero-order chi connectivity index (χ0) is 24.6. The number of aromatic nitrogens is 1. The molecule has 1 heterocycles. The second-order valence-corrected chi connectivity index (χ2v) is 9.15. The van der Waals surface area contributed by atoms with E-state index in [2.05, 4.69) is 43.7 Å². The molecule has 0 aliphatic carbocycles. The number of carbonyl (C=O) groups excluding carboxylic acids is 1. The lowest BCUT2D eigenvalue weighted by Crippen LogP contribution is -2.17. The van der Waals surface area contributed by atoms with E-state index in [4.69, 9.17) is 10.00 Å². The number of benzene rings is 3. The van der Waals surface area contributed by atoms with Crippen LogP contribution in [0.2, 0.25) is 0 Å². The Labute approximate surface area is 215 Å². The third-order valence-corrected chi connectivity index (χ3v) is 6.26. The molecule has 0 spiro atoms. The number of rotatable bonds is 8. The van der Waals surface area contributed by atoms with Crippen LogP contribution >= 0.6 is 27.3 Å². The van der Waals surface area contributed by atoms with Crippen molar-refractivity contribution in [2.24, 2.45) is 5.10 Å². The molecule has 1 aromatic heterocycles. The third kappa shape index (κ3) is 6.53. The van der Waals surface area contributed by atoms with Gasteiger partial charge in [-0.25, -0.2) is 10.4 Å². The molecule has 1 amide bonds. The van der Waals surface area contributed by atoms with Crippen LogP contribution in [0.1, 0.15) is 21.5 Å². The van der Waals surface area contributed by atoms with E-state index in [1.54, 1.807) is 30.3 Å². The number of carbonyl (C=O) groups is 1. The normalized spacial score (nSPS) is 10.7. The van der Waals surface area contributed by atoms with E-state index in [9.17, 15) is 4.79 Å². The molecule has 2 N–H and O–H groups in total. The smallest absolute Gasteiger partial charge is 0.271 e. The van der Waals surface area contributed by atoms with Gasteiger partial charge in [-0.2, -0.15) is 10.4 Å². The summed E-state index contributed by atoms with van der Waals surface area (Å²) in [4.78, 5) is 17.1. The molecular weight excluding hydrogens is 526 g/mol. The summed E-state index contributed by atoms with van der Waals surface area (Å²) in [7, 11) is 0. The van der Waals surface area contributed by atoms with Gasteiger partial charge in [-0.15, -0.1) is 11.3 Å². The summed E-state index contributed by atoms with van der Waals surface area (Å²) in [6.07, 6.45) is 1.53.